The van der Waals surface area contributed by atoms with Gasteiger partial charge in [-0.1, -0.05) is 6.42 Å². The molecular weight excluding hydrogens is 320 g/mol. The highest BCUT2D eigenvalue weighted by molar-refractivity contribution is 9.10. The van der Waals surface area contributed by atoms with E-state index in [0.29, 0.717) is 12.8 Å². The third-order valence-corrected chi connectivity index (χ3v) is 4.71. The van der Waals surface area contributed by atoms with Crippen LogP contribution in [-0.4, -0.2) is 37.9 Å². The molecule has 4 nitrogen and oxygen atoms in total. The van der Waals surface area contributed by atoms with Crippen LogP contribution in [0.1, 0.15) is 24.8 Å². The molecule has 0 spiro atoms. The second kappa shape index (κ2) is 6.33. The number of ether oxygens (including phenoxy) is 2. The van der Waals surface area contributed by atoms with Gasteiger partial charge in [-0.15, -0.1) is 0 Å². The smallest absolute Gasteiger partial charge is 0.231 e. The molecule has 20 heavy (non-hydrogen) atoms. The van der Waals surface area contributed by atoms with Crippen molar-refractivity contribution in [2.45, 2.75) is 31.8 Å². The minimum Gasteiger partial charge on any atom is -0.454 e. The van der Waals surface area contributed by atoms with E-state index in [2.05, 4.69) is 45.3 Å². The Labute approximate surface area is 128 Å². The maximum atomic E-state index is 5.45. The van der Waals surface area contributed by atoms with Gasteiger partial charge in [-0.3, -0.25) is 0 Å². The van der Waals surface area contributed by atoms with Crippen LogP contribution in [0.15, 0.2) is 16.6 Å². The Morgan fingerprint density at radius 2 is 2.25 bits per heavy atom. The van der Waals surface area contributed by atoms with Crippen molar-refractivity contribution in [3.63, 3.8) is 0 Å². The molecule has 1 N–H and O–H groups in total. The van der Waals surface area contributed by atoms with Crippen LogP contribution >= 0.6 is 15.9 Å². The van der Waals surface area contributed by atoms with E-state index < -0.39 is 0 Å². The predicted molar refractivity (Wildman–Crippen MR) is 82.2 cm³/mol. The van der Waals surface area contributed by atoms with Crippen molar-refractivity contribution < 1.29 is 9.47 Å². The largest absolute Gasteiger partial charge is 0.454 e. The first kappa shape index (κ1) is 14.2. The van der Waals surface area contributed by atoms with Crippen molar-refractivity contribution >= 4 is 15.9 Å². The lowest BCUT2D eigenvalue weighted by atomic mass is 10.0. The third kappa shape index (κ3) is 3.10. The van der Waals surface area contributed by atoms with Crippen LogP contribution in [0.5, 0.6) is 11.5 Å². The molecule has 0 saturated carbocycles. The lowest BCUT2D eigenvalue weighted by Gasteiger charge is -2.32. The molecule has 1 unspecified atom stereocenters. The predicted octanol–water partition coefficient (Wildman–Crippen LogP) is 2.75. The fraction of sp³-hybridized carbons (Fsp3) is 0.600. The fourth-order valence-electron chi connectivity index (χ4n) is 2.91. The summed E-state index contributed by atoms with van der Waals surface area (Å²) in [5, 5.41) is 3.56. The second-order valence-corrected chi connectivity index (χ2v) is 6.43. The number of benzene rings is 1. The Hall–Kier alpha value is -0.780. The van der Waals surface area contributed by atoms with Crippen molar-refractivity contribution in [3.05, 3.63) is 22.2 Å². The number of fused-ring (bicyclic) bond motifs is 1. The lowest BCUT2D eigenvalue weighted by Crippen LogP contribution is -2.42. The molecule has 1 atom stereocenters. The van der Waals surface area contributed by atoms with E-state index in [-0.39, 0.29) is 0 Å². The lowest BCUT2D eigenvalue weighted by molar-refractivity contribution is 0.173. The number of likely N-dealkylation sites (tertiary alicyclic amines) is 1. The van der Waals surface area contributed by atoms with Crippen LogP contribution in [0, 0.1) is 0 Å². The third-order valence-electron chi connectivity index (χ3n) is 4.12. The number of rotatable bonds is 4. The van der Waals surface area contributed by atoms with E-state index in [4.69, 9.17) is 9.47 Å². The van der Waals surface area contributed by atoms with Crippen molar-refractivity contribution in [1.29, 1.82) is 0 Å². The Balaban J connectivity index is 1.55. The van der Waals surface area contributed by atoms with Gasteiger partial charge in [-0.25, -0.2) is 0 Å². The molecule has 0 bridgehead atoms. The summed E-state index contributed by atoms with van der Waals surface area (Å²) < 4.78 is 11.8. The number of likely N-dealkylation sites (N-methyl/N-ethyl adjacent to an activating group) is 1. The van der Waals surface area contributed by atoms with Crippen LogP contribution < -0.4 is 14.8 Å². The number of nitrogens with one attached hydrogen (secondary N) is 1. The quantitative estimate of drug-likeness (QED) is 0.913. The summed E-state index contributed by atoms with van der Waals surface area (Å²) in [6, 6.07) is 4.83. The molecule has 1 fully saturated rings. The van der Waals surface area contributed by atoms with E-state index in [1.165, 1.54) is 31.4 Å². The number of hydrogen-bond donors (Lipinski definition) is 1. The summed E-state index contributed by atoms with van der Waals surface area (Å²) >= 11 is 3.54. The van der Waals surface area contributed by atoms with Gasteiger partial charge in [0.2, 0.25) is 6.79 Å². The molecule has 2 aliphatic heterocycles. The molecule has 2 aliphatic rings. The Kier molecular flexibility index (Phi) is 4.48. The summed E-state index contributed by atoms with van der Waals surface area (Å²) in [6.45, 7) is 3.45. The first-order valence-corrected chi connectivity index (χ1v) is 8.02. The molecule has 3 rings (SSSR count). The fourth-order valence-corrected chi connectivity index (χ4v) is 3.51. The summed E-state index contributed by atoms with van der Waals surface area (Å²) in [4.78, 5) is 2.46. The molecule has 5 heteroatoms. The highest BCUT2D eigenvalue weighted by Crippen LogP contribution is 2.39. The molecular formula is C15H21BrN2O2. The van der Waals surface area contributed by atoms with Crippen molar-refractivity contribution in [3.8, 4) is 11.5 Å². The van der Waals surface area contributed by atoms with Crippen molar-refractivity contribution in [2.24, 2.45) is 0 Å². The van der Waals surface area contributed by atoms with Gasteiger partial charge in [-0.05, 0) is 60.1 Å². The molecule has 110 valence electrons. The Bertz CT molecular complexity index is 481. The zero-order chi connectivity index (χ0) is 13.9. The van der Waals surface area contributed by atoms with E-state index in [0.717, 1.165) is 29.1 Å². The zero-order valence-corrected chi connectivity index (χ0v) is 13.4. The van der Waals surface area contributed by atoms with E-state index in [1.807, 2.05) is 0 Å². The maximum Gasteiger partial charge on any atom is 0.231 e. The van der Waals surface area contributed by atoms with Gasteiger partial charge in [0.1, 0.15) is 0 Å². The van der Waals surface area contributed by atoms with Gasteiger partial charge < -0.3 is 19.7 Å². The average Bonchev–Trinajstić information content (AvgIpc) is 2.90. The standard InChI is InChI=1S/C15H21BrN2O2/c1-18-5-3-2-4-12(18)9-17-8-11-6-13(16)15-14(7-11)19-10-20-15/h6-7,12,17H,2-5,8-10H2,1H3. The zero-order valence-electron chi connectivity index (χ0n) is 11.8. The van der Waals surface area contributed by atoms with E-state index in [9.17, 15) is 0 Å². The second-order valence-electron chi connectivity index (χ2n) is 5.57. The maximum absolute atomic E-state index is 5.45. The van der Waals surface area contributed by atoms with Gasteiger partial charge in [0.05, 0.1) is 4.47 Å². The molecule has 0 aliphatic carbocycles. The van der Waals surface area contributed by atoms with E-state index >= 15 is 0 Å². The van der Waals surface area contributed by atoms with Crippen LogP contribution in [0.2, 0.25) is 0 Å². The van der Waals surface area contributed by atoms with Crippen LogP contribution in [-0.2, 0) is 6.54 Å². The number of halogens is 1. The summed E-state index contributed by atoms with van der Waals surface area (Å²) in [6.07, 6.45) is 3.99. The van der Waals surface area contributed by atoms with Gasteiger partial charge >= 0.3 is 0 Å². The van der Waals surface area contributed by atoms with Gasteiger partial charge in [-0.2, -0.15) is 0 Å². The Morgan fingerprint density at radius 3 is 3.10 bits per heavy atom. The van der Waals surface area contributed by atoms with Crippen LogP contribution in [0.25, 0.3) is 0 Å². The van der Waals surface area contributed by atoms with E-state index in [1.54, 1.807) is 0 Å². The molecule has 1 saturated heterocycles. The van der Waals surface area contributed by atoms with Gasteiger partial charge in [0.25, 0.3) is 0 Å². The highest BCUT2D eigenvalue weighted by Gasteiger charge is 2.19. The van der Waals surface area contributed by atoms with Crippen LogP contribution in [0.4, 0.5) is 0 Å². The normalized spacial score (nSPS) is 22.2. The summed E-state index contributed by atoms with van der Waals surface area (Å²) in [5.41, 5.74) is 1.22. The van der Waals surface area contributed by atoms with Crippen molar-refractivity contribution in [1.82, 2.24) is 10.2 Å². The number of hydrogen-bond acceptors (Lipinski definition) is 4. The molecule has 0 aromatic heterocycles. The molecule has 1 aromatic rings. The number of piperidine rings is 1. The van der Waals surface area contributed by atoms with Gasteiger partial charge in [0.15, 0.2) is 11.5 Å². The molecule has 0 radical (unpaired) electrons. The van der Waals surface area contributed by atoms with Gasteiger partial charge in [0, 0.05) is 19.1 Å². The molecule has 0 amide bonds. The average molecular weight is 341 g/mol. The highest BCUT2D eigenvalue weighted by atomic mass is 79.9. The SMILES string of the molecule is CN1CCCCC1CNCc1cc(Br)c2c(c1)OCO2. The summed E-state index contributed by atoms with van der Waals surface area (Å²) in [7, 11) is 2.22. The minimum absolute atomic E-state index is 0.317. The van der Waals surface area contributed by atoms with Crippen molar-refractivity contribution in [2.75, 3.05) is 26.9 Å². The first-order valence-electron chi connectivity index (χ1n) is 7.23. The molecule has 2 heterocycles. The van der Waals surface area contributed by atoms with Crippen LogP contribution in [0.3, 0.4) is 0 Å². The summed E-state index contributed by atoms with van der Waals surface area (Å²) in [5.74, 6) is 1.66. The Morgan fingerprint density at radius 1 is 1.35 bits per heavy atom. The monoisotopic (exact) mass is 340 g/mol. The minimum atomic E-state index is 0.317. The number of nitrogens with zero attached hydrogens (tertiary/aromatic N) is 1. The molecule has 1 aromatic carbocycles. The first-order chi connectivity index (χ1) is 9.74. The topological polar surface area (TPSA) is 33.7 Å².